The lowest BCUT2D eigenvalue weighted by atomic mass is 9.95. The monoisotopic (exact) mass is 259 g/mol. The lowest BCUT2D eigenvalue weighted by Crippen LogP contribution is -2.18. The van der Waals surface area contributed by atoms with Crippen molar-refractivity contribution in [2.75, 3.05) is 5.32 Å². The predicted molar refractivity (Wildman–Crippen MR) is 84.8 cm³/mol. The van der Waals surface area contributed by atoms with E-state index in [9.17, 15) is 0 Å². The number of aryl methyl sites for hydroxylation is 2. The fourth-order valence-corrected chi connectivity index (χ4v) is 3.51. The molecule has 1 aromatic rings. The largest absolute Gasteiger partial charge is 0.382 e. The Bertz CT molecular complexity index is 376. The van der Waals surface area contributed by atoms with Gasteiger partial charge in [-0.05, 0) is 62.3 Å². The Morgan fingerprint density at radius 3 is 2.42 bits per heavy atom. The van der Waals surface area contributed by atoms with E-state index in [2.05, 4.69) is 44.3 Å². The van der Waals surface area contributed by atoms with E-state index in [4.69, 9.17) is 0 Å². The summed E-state index contributed by atoms with van der Waals surface area (Å²) in [6.45, 7) is 6.68. The van der Waals surface area contributed by atoms with Gasteiger partial charge < -0.3 is 5.32 Å². The maximum absolute atomic E-state index is 3.77. The number of nitrogens with one attached hydrogen (secondary N) is 1. The van der Waals surface area contributed by atoms with Crippen LogP contribution in [0, 0.1) is 19.8 Å². The van der Waals surface area contributed by atoms with Gasteiger partial charge in [0.05, 0.1) is 0 Å². The zero-order chi connectivity index (χ0) is 13.7. The minimum absolute atomic E-state index is 0.683. The number of hydrogen-bond acceptors (Lipinski definition) is 1. The van der Waals surface area contributed by atoms with Gasteiger partial charge in [0.1, 0.15) is 0 Å². The molecule has 1 saturated carbocycles. The summed E-state index contributed by atoms with van der Waals surface area (Å²) in [5.41, 5.74) is 4.04. The lowest BCUT2D eigenvalue weighted by Gasteiger charge is -2.19. The standard InChI is InChI=1S/C18H29N/c1-4-6-16-7-5-8-17(10-9-16)19-18-12-14(2)11-15(3)13-18/h11-13,16-17,19H,4-10H2,1-3H3. The molecule has 0 heterocycles. The highest BCUT2D eigenvalue weighted by atomic mass is 14.9. The predicted octanol–water partition coefficient (Wildman–Crippen LogP) is 5.46. The molecule has 19 heavy (non-hydrogen) atoms. The summed E-state index contributed by atoms with van der Waals surface area (Å²) in [4.78, 5) is 0. The Morgan fingerprint density at radius 1 is 1.00 bits per heavy atom. The van der Waals surface area contributed by atoms with Crippen LogP contribution in [0.2, 0.25) is 0 Å². The van der Waals surface area contributed by atoms with Gasteiger partial charge in [-0.2, -0.15) is 0 Å². The molecule has 106 valence electrons. The summed E-state index contributed by atoms with van der Waals surface area (Å²) in [6, 6.07) is 7.49. The van der Waals surface area contributed by atoms with Gasteiger partial charge in [-0.25, -0.2) is 0 Å². The minimum Gasteiger partial charge on any atom is -0.382 e. The summed E-state index contributed by atoms with van der Waals surface area (Å²) in [7, 11) is 0. The molecule has 1 fully saturated rings. The Morgan fingerprint density at radius 2 is 1.74 bits per heavy atom. The average molecular weight is 259 g/mol. The minimum atomic E-state index is 0.683. The van der Waals surface area contributed by atoms with Crippen molar-refractivity contribution in [3.8, 4) is 0 Å². The fourth-order valence-electron chi connectivity index (χ4n) is 3.51. The highest BCUT2D eigenvalue weighted by Gasteiger charge is 2.18. The van der Waals surface area contributed by atoms with Crippen molar-refractivity contribution in [2.45, 2.75) is 71.8 Å². The molecule has 1 nitrogen and oxygen atoms in total. The summed E-state index contributed by atoms with van der Waals surface area (Å²) in [5, 5.41) is 3.77. The quantitative estimate of drug-likeness (QED) is 0.707. The van der Waals surface area contributed by atoms with Crippen LogP contribution in [0.3, 0.4) is 0 Å². The highest BCUT2D eigenvalue weighted by molar-refractivity contribution is 5.49. The molecule has 0 amide bonds. The van der Waals surface area contributed by atoms with Crippen molar-refractivity contribution in [3.63, 3.8) is 0 Å². The first-order chi connectivity index (χ1) is 9.17. The van der Waals surface area contributed by atoms with E-state index in [-0.39, 0.29) is 0 Å². The molecule has 1 N–H and O–H groups in total. The second-order valence-electron chi connectivity index (χ2n) is 6.38. The van der Waals surface area contributed by atoms with Gasteiger partial charge in [-0.3, -0.25) is 0 Å². The molecular weight excluding hydrogens is 230 g/mol. The first kappa shape index (κ1) is 14.4. The summed E-state index contributed by atoms with van der Waals surface area (Å²) < 4.78 is 0. The maximum Gasteiger partial charge on any atom is 0.0347 e. The SMILES string of the molecule is CCCC1CCCC(Nc2cc(C)cc(C)c2)CC1. The van der Waals surface area contributed by atoms with Gasteiger partial charge in [0.25, 0.3) is 0 Å². The van der Waals surface area contributed by atoms with Crippen molar-refractivity contribution < 1.29 is 0 Å². The molecule has 2 atom stereocenters. The molecule has 0 saturated heterocycles. The molecule has 1 heteroatoms. The van der Waals surface area contributed by atoms with Crippen molar-refractivity contribution in [3.05, 3.63) is 29.3 Å². The normalized spacial score (nSPS) is 23.9. The van der Waals surface area contributed by atoms with E-state index in [0.717, 1.165) is 5.92 Å². The fraction of sp³-hybridized carbons (Fsp3) is 0.667. The molecule has 1 aromatic carbocycles. The number of anilines is 1. The first-order valence-electron chi connectivity index (χ1n) is 8.02. The average Bonchev–Trinajstić information content (AvgIpc) is 2.54. The van der Waals surface area contributed by atoms with E-state index in [1.807, 2.05) is 0 Å². The van der Waals surface area contributed by atoms with Crippen molar-refractivity contribution in [1.82, 2.24) is 0 Å². The molecule has 0 bridgehead atoms. The van der Waals surface area contributed by atoms with E-state index in [0.29, 0.717) is 6.04 Å². The van der Waals surface area contributed by atoms with Crippen LogP contribution >= 0.6 is 0 Å². The van der Waals surface area contributed by atoms with Crippen molar-refractivity contribution >= 4 is 5.69 Å². The van der Waals surface area contributed by atoms with E-state index >= 15 is 0 Å². The van der Waals surface area contributed by atoms with Gasteiger partial charge >= 0.3 is 0 Å². The van der Waals surface area contributed by atoms with Gasteiger partial charge in [0.2, 0.25) is 0 Å². The topological polar surface area (TPSA) is 12.0 Å². The van der Waals surface area contributed by atoms with Crippen LogP contribution in [-0.2, 0) is 0 Å². The number of hydrogen-bond donors (Lipinski definition) is 1. The molecule has 0 radical (unpaired) electrons. The summed E-state index contributed by atoms with van der Waals surface area (Å²) >= 11 is 0. The third-order valence-corrected chi connectivity index (χ3v) is 4.38. The molecule has 0 aromatic heterocycles. The molecule has 1 aliphatic carbocycles. The second-order valence-corrected chi connectivity index (χ2v) is 6.38. The van der Waals surface area contributed by atoms with Gasteiger partial charge in [-0.1, -0.05) is 38.7 Å². The molecule has 1 aliphatic rings. The van der Waals surface area contributed by atoms with Crippen molar-refractivity contribution in [1.29, 1.82) is 0 Å². The molecular formula is C18H29N. The lowest BCUT2D eigenvalue weighted by molar-refractivity contribution is 0.422. The van der Waals surface area contributed by atoms with Gasteiger partial charge in [-0.15, -0.1) is 0 Å². The zero-order valence-electron chi connectivity index (χ0n) is 12.8. The molecule has 2 rings (SSSR count). The van der Waals surface area contributed by atoms with E-state index < -0.39 is 0 Å². The maximum atomic E-state index is 3.77. The molecule has 0 spiro atoms. The van der Waals surface area contributed by atoms with Crippen LogP contribution in [0.25, 0.3) is 0 Å². The van der Waals surface area contributed by atoms with Gasteiger partial charge in [0, 0.05) is 11.7 Å². The van der Waals surface area contributed by atoms with Crippen LogP contribution in [-0.4, -0.2) is 6.04 Å². The molecule has 2 unspecified atom stereocenters. The zero-order valence-corrected chi connectivity index (χ0v) is 12.8. The van der Waals surface area contributed by atoms with Crippen LogP contribution in [0.1, 0.15) is 63.0 Å². The first-order valence-corrected chi connectivity index (χ1v) is 8.02. The van der Waals surface area contributed by atoms with Crippen LogP contribution < -0.4 is 5.32 Å². The third-order valence-electron chi connectivity index (χ3n) is 4.38. The third kappa shape index (κ3) is 4.56. The highest BCUT2D eigenvalue weighted by Crippen LogP contribution is 2.28. The van der Waals surface area contributed by atoms with Crippen LogP contribution in [0.5, 0.6) is 0 Å². The Balaban J connectivity index is 1.92. The van der Waals surface area contributed by atoms with Crippen LogP contribution in [0.4, 0.5) is 5.69 Å². The van der Waals surface area contributed by atoms with E-state index in [1.165, 1.54) is 61.8 Å². The van der Waals surface area contributed by atoms with E-state index in [1.54, 1.807) is 0 Å². The Hall–Kier alpha value is -0.980. The summed E-state index contributed by atoms with van der Waals surface area (Å²) in [5.74, 6) is 0.982. The smallest absolute Gasteiger partial charge is 0.0347 e. The van der Waals surface area contributed by atoms with Crippen LogP contribution in [0.15, 0.2) is 18.2 Å². The Labute approximate surface area is 118 Å². The second kappa shape index (κ2) is 6.98. The summed E-state index contributed by atoms with van der Waals surface area (Å²) in [6.07, 6.45) is 9.71. The van der Waals surface area contributed by atoms with Crippen molar-refractivity contribution in [2.24, 2.45) is 5.92 Å². The number of benzene rings is 1. The Kier molecular flexibility index (Phi) is 5.30. The number of rotatable bonds is 4. The molecule has 0 aliphatic heterocycles. The van der Waals surface area contributed by atoms with Gasteiger partial charge in [0.15, 0.2) is 0 Å².